The molecule has 0 radical (unpaired) electrons. The lowest BCUT2D eigenvalue weighted by Gasteiger charge is -2.18. The van der Waals surface area contributed by atoms with Crippen LogP contribution in [0.2, 0.25) is 0 Å². The van der Waals surface area contributed by atoms with Crippen molar-refractivity contribution >= 4 is 11.8 Å². The van der Waals surface area contributed by atoms with Crippen LogP contribution in [0.4, 0.5) is 0 Å². The zero-order valence-corrected chi connectivity index (χ0v) is 10.9. The smallest absolute Gasteiger partial charge is 0.225 e. The summed E-state index contributed by atoms with van der Waals surface area (Å²) in [6.45, 7) is 3.23. The molecule has 2 N–H and O–H groups in total. The Labute approximate surface area is 108 Å². The van der Waals surface area contributed by atoms with E-state index in [2.05, 4.69) is 5.32 Å². The predicted molar refractivity (Wildman–Crippen MR) is 66.7 cm³/mol. The van der Waals surface area contributed by atoms with E-state index < -0.39 is 0 Å². The van der Waals surface area contributed by atoms with Crippen LogP contribution in [-0.2, 0) is 9.59 Å². The maximum Gasteiger partial charge on any atom is 0.225 e. The summed E-state index contributed by atoms with van der Waals surface area (Å²) < 4.78 is 0. The van der Waals surface area contributed by atoms with Crippen molar-refractivity contribution in [3.8, 4) is 0 Å². The minimum atomic E-state index is -0.239. The lowest BCUT2D eigenvalue weighted by Crippen LogP contribution is -2.41. The summed E-state index contributed by atoms with van der Waals surface area (Å²) in [5.41, 5.74) is 0. The number of nitrogens with zero attached hydrogens (tertiary/aromatic N) is 1. The normalized spacial score (nSPS) is 25.3. The third-order valence-electron chi connectivity index (χ3n) is 3.82. The molecule has 0 bridgehead atoms. The van der Waals surface area contributed by atoms with Gasteiger partial charge in [-0.15, -0.1) is 0 Å². The number of likely N-dealkylation sites (tertiary alicyclic amines) is 1. The summed E-state index contributed by atoms with van der Waals surface area (Å²) in [7, 11) is 0. The van der Waals surface area contributed by atoms with E-state index in [9.17, 15) is 9.59 Å². The van der Waals surface area contributed by atoms with Gasteiger partial charge in [0, 0.05) is 19.5 Å². The molecule has 0 spiro atoms. The molecule has 1 unspecified atom stereocenters. The second-order valence-corrected chi connectivity index (χ2v) is 5.44. The van der Waals surface area contributed by atoms with Crippen LogP contribution in [0.1, 0.15) is 32.6 Å². The highest BCUT2D eigenvalue weighted by atomic mass is 16.3. The molecule has 2 amide bonds. The minimum Gasteiger partial charge on any atom is -0.394 e. The molecule has 2 rings (SSSR count). The average Bonchev–Trinajstić information content (AvgIpc) is 3.10. The fourth-order valence-electron chi connectivity index (χ4n) is 2.33. The first kappa shape index (κ1) is 13.3. The minimum absolute atomic E-state index is 0.0469. The number of carbonyl (C=O) groups is 2. The number of amides is 2. The Morgan fingerprint density at radius 3 is 2.83 bits per heavy atom. The van der Waals surface area contributed by atoms with Crippen LogP contribution in [0.25, 0.3) is 0 Å². The zero-order valence-electron chi connectivity index (χ0n) is 10.9. The Kier molecular flexibility index (Phi) is 4.22. The van der Waals surface area contributed by atoms with Crippen LogP contribution in [-0.4, -0.2) is 47.6 Å². The standard InChI is InChI=1S/C13H22N2O3/c1-2-11(8-16)14-13(18)10-5-12(17)15(7-10)6-9-3-4-9/h9-11,16H,2-8H2,1H3,(H,14,18)/t10?,11-/m0/s1. The van der Waals surface area contributed by atoms with Crippen LogP contribution in [0.3, 0.4) is 0 Å². The molecule has 102 valence electrons. The number of hydrogen-bond acceptors (Lipinski definition) is 3. The monoisotopic (exact) mass is 254 g/mol. The summed E-state index contributed by atoms with van der Waals surface area (Å²) in [5, 5.41) is 11.9. The molecule has 0 aromatic carbocycles. The van der Waals surface area contributed by atoms with Crippen LogP contribution in [0.15, 0.2) is 0 Å². The summed E-state index contributed by atoms with van der Waals surface area (Å²) in [6.07, 6.45) is 3.45. The van der Waals surface area contributed by atoms with Gasteiger partial charge in [-0.25, -0.2) is 0 Å². The molecule has 5 heteroatoms. The largest absolute Gasteiger partial charge is 0.394 e. The molecule has 2 fully saturated rings. The second kappa shape index (κ2) is 5.69. The summed E-state index contributed by atoms with van der Waals surface area (Å²) >= 11 is 0. The Bertz CT molecular complexity index is 324. The van der Waals surface area contributed by atoms with Crippen molar-refractivity contribution in [2.24, 2.45) is 11.8 Å². The first-order chi connectivity index (χ1) is 8.63. The van der Waals surface area contributed by atoms with Crippen molar-refractivity contribution < 1.29 is 14.7 Å². The van der Waals surface area contributed by atoms with Gasteiger partial charge in [-0.2, -0.15) is 0 Å². The predicted octanol–water partition coefficient (Wildman–Crippen LogP) is 0.132. The Morgan fingerprint density at radius 2 is 2.28 bits per heavy atom. The van der Waals surface area contributed by atoms with Crippen molar-refractivity contribution in [2.75, 3.05) is 19.7 Å². The SMILES string of the molecule is CC[C@@H](CO)NC(=O)C1CC(=O)N(CC2CC2)C1. The van der Waals surface area contributed by atoms with Gasteiger partial charge in [-0.1, -0.05) is 6.92 Å². The van der Waals surface area contributed by atoms with Crippen LogP contribution < -0.4 is 5.32 Å². The summed E-state index contributed by atoms with van der Waals surface area (Å²) in [4.78, 5) is 25.6. The highest BCUT2D eigenvalue weighted by Gasteiger charge is 2.37. The van der Waals surface area contributed by atoms with Gasteiger partial charge in [0.15, 0.2) is 0 Å². The van der Waals surface area contributed by atoms with Gasteiger partial charge in [0.2, 0.25) is 11.8 Å². The van der Waals surface area contributed by atoms with Crippen LogP contribution >= 0.6 is 0 Å². The van der Waals surface area contributed by atoms with Crippen molar-refractivity contribution in [3.05, 3.63) is 0 Å². The van der Waals surface area contributed by atoms with Crippen LogP contribution in [0, 0.1) is 11.8 Å². The van der Waals surface area contributed by atoms with Crippen molar-refractivity contribution in [1.82, 2.24) is 10.2 Å². The molecule has 1 saturated carbocycles. The van der Waals surface area contributed by atoms with E-state index >= 15 is 0 Å². The number of aliphatic hydroxyl groups is 1. The van der Waals surface area contributed by atoms with E-state index in [0.29, 0.717) is 25.3 Å². The molecule has 5 nitrogen and oxygen atoms in total. The molecule has 2 aliphatic rings. The van der Waals surface area contributed by atoms with Gasteiger partial charge in [0.1, 0.15) is 0 Å². The molecule has 18 heavy (non-hydrogen) atoms. The van der Waals surface area contributed by atoms with Gasteiger partial charge in [0.05, 0.1) is 18.6 Å². The Hall–Kier alpha value is -1.10. The topological polar surface area (TPSA) is 69.6 Å². The third kappa shape index (κ3) is 3.22. The lowest BCUT2D eigenvalue weighted by atomic mass is 10.1. The number of rotatable bonds is 6. The fourth-order valence-corrected chi connectivity index (χ4v) is 2.33. The molecule has 0 aromatic rings. The highest BCUT2D eigenvalue weighted by molar-refractivity contribution is 5.89. The summed E-state index contributed by atoms with van der Waals surface area (Å²) in [6, 6.07) is -0.190. The van der Waals surface area contributed by atoms with Gasteiger partial charge in [-0.3, -0.25) is 9.59 Å². The van der Waals surface area contributed by atoms with Crippen molar-refractivity contribution in [2.45, 2.75) is 38.6 Å². The fraction of sp³-hybridized carbons (Fsp3) is 0.846. The molecule has 2 atom stereocenters. The third-order valence-corrected chi connectivity index (χ3v) is 3.82. The molecule has 1 aliphatic heterocycles. The zero-order chi connectivity index (χ0) is 13.1. The number of hydrogen-bond donors (Lipinski definition) is 2. The van der Waals surface area contributed by atoms with Crippen molar-refractivity contribution in [1.29, 1.82) is 0 Å². The highest BCUT2D eigenvalue weighted by Crippen LogP contribution is 2.31. The Morgan fingerprint density at radius 1 is 1.56 bits per heavy atom. The van der Waals surface area contributed by atoms with Gasteiger partial charge >= 0.3 is 0 Å². The van der Waals surface area contributed by atoms with E-state index in [4.69, 9.17) is 5.11 Å². The Balaban J connectivity index is 1.82. The summed E-state index contributed by atoms with van der Waals surface area (Å²) in [5.74, 6) is 0.426. The van der Waals surface area contributed by atoms with Crippen molar-refractivity contribution in [3.63, 3.8) is 0 Å². The van der Waals surface area contributed by atoms with Gasteiger partial charge < -0.3 is 15.3 Å². The average molecular weight is 254 g/mol. The van der Waals surface area contributed by atoms with E-state index in [0.717, 1.165) is 6.54 Å². The molecule has 1 saturated heterocycles. The molecule has 1 heterocycles. The van der Waals surface area contributed by atoms with Crippen LogP contribution in [0.5, 0.6) is 0 Å². The number of nitrogens with one attached hydrogen (secondary N) is 1. The number of carbonyl (C=O) groups excluding carboxylic acids is 2. The maximum absolute atomic E-state index is 12.0. The quantitative estimate of drug-likeness (QED) is 0.708. The molecular weight excluding hydrogens is 232 g/mol. The first-order valence-electron chi connectivity index (χ1n) is 6.83. The van der Waals surface area contributed by atoms with Gasteiger partial charge in [-0.05, 0) is 25.2 Å². The van der Waals surface area contributed by atoms with E-state index in [1.165, 1.54) is 12.8 Å². The van der Waals surface area contributed by atoms with E-state index in [1.807, 2.05) is 11.8 Å². The van der Waals surface area contributed by atoms with E-state index in [1.54, 1.807) is 0 Å². The lowest BCUT2D eigenvalue weighted by molar-refractivity contribution is -0.129. The van der Waals surface area contributed by atoms with Gasteiger partial charge in [0.25, 0.3) is 0 Å². The van der Waals surface area contributed by atoms with E-state index in [-0.39, 0.29) is 30.4 Å². The second-order valence-electron chi connectivity index (χ2n) is 5.44. The maximum atomic E-state index is 12.0. The molecular formula is C13H22N2O3. The number of aliphatic hydroxyl groups excluding tert-OH is 1. The molecule has 1 aliphatic carbocycles. The first-order valence-corrected chi connectivity index (χ1v) is 6.83. The molecule has 0 aromatic heterocycles.